The summed E-state index contributed by atoms with van der Waals surface area (Å²) >= 11 is 1.15. The number of amides is 1. The highest BCUT2D eigenvalue weighted by Gasteiger charge is 2.15. The first-order chi connectivity index (χ1) is 15.0. The van der Waals surface area contributed by atoms with Gasteiger partial charge in [-0.3, -0.25) is 19.0 Å². The molecule has 1 N–H and O–H groups in total. The Morgan fingerprint density at radius 1 is 1.06 bits per heavy atom. The molecular formula is C23H19N3O4S. The molecule has 0 aliphatic heterocycles. The van der Waals surface area contributed by atoms with E-state index in [4.69, 9.17) is 4.42 Å². The number of benzene rings is 2. The number of nitrogens with zero attached hydrogens (tertiary/aromatic N) is 2. The van der Waals surface area contributed by atoms with Crippen molar-refractivity contribution >= 4 is 40.0 Å². The Morgan fingerprint density at radius 3 is 2.61 bits per heavy atom. The zero-order valence-electron chi connectivity index (χ0n) is 16.7. The Morgan fingerprint density at radius 2 is 1.84 bits per heavy atom. The van der Waals surface area contributed by atoms with Gasteiger partial charge in [-0.25, -0.2) is 4.98 Å². The number of carbonyl (C=O) groups excluding carboxylic acids is 2. The fourth-order valence-electron chi connectivity index (χ4n) is 3.17. The maximum atomic E-state index is 13.1. The van der Waals surface area contributed by atoms with Crippen LogP contribution in [-0.2, 0) is 11.3 Å². The minimum atomic E-state index is -0.300. The number of furan rings is 1. The fourth-order valence-corrected chi connectivity index (χ4v) is 3.97. The van der Waals surface area contributed by atoms with Crippen molar-refractivity contribution in [1.82, 2.24) is 9.55 Å². The number of ketones is 1. The van der Waals surface area contributed by atoms with Crippen molar-refractivity contribution in [2.75, 3.05) is 11.1 Å². The molecule has 8 heteroatoms. The number of nitrogens with one attached hydrogen (secondary N) is 1. The van der Waals surface area contributed by atoms with Crippen LogP contribution in [0.3, 0.4) is 0 Å². The van der Waals surface area contributed by atoms with Gasteiger partial charge in [-0.15, -0.1) is 0 Å². The largest absolute Gasteiger partial charge is 0.467 e. The van der Waals surface area contributed by atoms with Gasteiger partial charge in [0.15, 0.2) is 10.9 Å². The Kier molecular flexibility index (Phi) is 5.99. The Labute approximate surface area is 182 Å². The van der Waals surface area contributed by atoms with E-state index < -0.39 is 0 Å². The number of hydrogen-bond acceptors (Lipinski definition) is 6. The highest BCUT2D eigenvalue weighted by Crippen LogP contribution is 2.21. The van der Waals surface area contributed by atoms with E-state index in [9.17, 15) is 14.4 Å². The summed E-state index contributed by atoms with van der Waals surface area (Å²) in [5.41, 5.74) is 1.26. The average molecular weight is 433 g/mol. The second-order valence-corrected chi connectivity index (χ2v) is 7.76. The maximum Gasteiger partial charge on any atom is 0.262 e. The van der Waals surface area contributed by atoms with Gasteiger partial charge >= 0.3 is 0 Å². The van der Waals surface area contributed by atoms with E-state index >= 15 is 0 Å². The van der Waals surface area contributed by atoms with E-state index in [2.05, 4.69) is 10.3 Å². The lowest BCUT2D eigenvalue weighted by molar-refractivity contribution is -0.113. The van der Waals surface area contributed by atoms with Crippen molar-refractivity contribution in [2.24, 2.45) is 0 Å². The number of anilines is 1. The number of thioether (sulfide) groups is 1. The topological polar surface area (TPSA) is 94.2 Å². The molecule has 0 bridgehead atoms. The highest BCUT2D eigenvalue weighted by molar-refractivity contribution is 7.99. The van der Waals surface area contributed by atoms with Crippen LogP contribution in [-0.4, -0.2) is 27.0 Å². The van der Waals surface area contributed by atoms with Crippen LogP contribution in [0.5, 0.6) is 0 Å². The average Bonchev–Trinajstić information content (AvgIpc) is 3.28. The van der Waals surface area contributed by atoms with Crippen molar-refractivity contribution in [2.45, 2.75) is 18.6 Å². The van der Waals surface area contributed by atoms with Crippen LogP contribution in [0.15, 0.2) is 81.3 Å². The Balaban J connectivity index is 1.60. The lowest BCUT2D eigenvalue weighted by Gasteiger charge is -2.13. The SMILES string of the molecule is CC(=O)c1ccccc1NC(=O)CSc1nc2ccccc2c(=O)n1Cc1ccco1. The number of carbonyl (C=O) groups is 2. The van der Waals surface area contributed by atoms with E-state index in [1.807, 2.05) is 6.07 Å². The monoisotopic (exact) mass is 433 g/mol. The standard InChI is InChI=1S/C23H19N3O4S/c1-15(27)17-8-2-4-10-19(17)24-21(28)14-31-23-25-20-11-5-3-9-18(20)22(29)26(23)13-16-7-6-12-30-16/h2-12H,13-14H2,1H3,(H,24,28). The molecule has 31 heavy (non-hydrogen) atoms. The van der Waals surface area contributed by atoms with Crippen LogP contribution in [0.1, 0.15) is 23.0 Å². The lowest BCUT2D eigenvalue weighted by atomic mass is 10.1. The van der Waals surface area contributed by atoms with E-state index in [1.165, 1.54) is 11.5 Å². The number of aromatic nitrogens is 2. The van der Waals surface area contributed by atoms with Gasteiger partial charge < -0.3 is 9.73 Å². The van der Waals surface area contributed by atoms with Gasteiger partial charge in [0.2, 0.25) is 5.91 Å². The molecule has 7 nitrogen and oxygen atoms in total. The zero-order chi connectivity index (χ0) is 21.8. The molecule has 4 aromatic rings. The summed E-state index contributed by atoms with van der Waals surface area (Å²) < 4.78 is 6.89. The van der Waals surface area contributed by atoms with Gasteiger partial charge in [0.25, 0.3) is 5.56 Å². The lowest BCUT2D eigenvalue weighted by Crippen LogP contribution is -2.24. The van der Waals surface area contributed by atoms with Crippen LogP contribution < -0.4 is 10.9 Å². The van der Waals surface area contributed by atoms with E-state index in [0.717, 1.165) is 11.8 Å². The summed E-state index contributed by atoms with van der Waals surface area (Å²) in [5, 5.41) is 3.68. The van der Waals surface area contributed by atoms with Crippen LogP contribution in [0.4, 0.5) is 5.69 Å². The van der Waals surface area contributed by atoms with Gasteiger partial charge in [0.05, 0.1) is 35.2 Å². The summed E-state index contributed by atoms with van der Waals surface area (Å²) in [6, 6.07) is 17.5. The summed E-state index contributed by atoms with van der Waals surface area (Å²) in [5.74, 6) is 0.202. The summed E-state index contributed by atoms with van der Waals surface area (Å²) in [4.78, 5) is 42.0. The molecule has 0 spiro atoms. The van der Waals surface area contributed by atoms with Gasteiger partial charge in [0, 0.05) is 5.56 Å². The van der Waals surface area contributed by atoms with Crippen LogP contribution in [0.2, 0.25) is 0 Å². The molecule has 0 atom stereocenters. The second kappa shape index (κ2) is 9.01. The van der Waals surface area contributed by atoms with Crippen molar-refractivity contribution in [3.05, 3.63) is 88.6 Å². The molecular weight excluding hydrogens is 414 g/mol. The van der Waals surface area contributed by atoms with Gasteiger partial charge in [0.1, 0.15) is 5.76 Å². The van der Waals surface area contributed by atoms with E-state index in [0.29, 0.717) is 33.1 Å². The summed E-state index contributed by atoms with van der Waals surface area (Å²) in [6.45, 7) is 1.66. The van der Waals surface area contributed by atoms with Crippen molar-refractivity contribution in [3.63, 3.8) is 0 Å². The molecule has 4 rings (SSSR count). The van der Waals surface area contributed by atoms with Crippen LogP contribution >= 0.6 is 11.8 Å². The number of para-hydroxylation sites is 2. The van der Waals surface area contributed by atoms with E-state index in [-0.39, 0.29) is 29.5 Å². The first kappa shape index (κ1) is 20.6. The number of Topliss-reactive ketones (excluding diaryl/α,β-unsaturated/α-hetero) is 1. The number of hydrogen-bond donors (Lipinski definition) is 1. The minimum absolute atomic E-state index is 0.0230. The molecule has 2 heterocycles. The summed E-state index contributed by atoms with van der Waals surface area (Å²) in [6.07, 6.45) is 1.54. The third-order valence-electron chi connectivity index (χ3n) is 4.63. The van der Waals surface area contributed by atoms with Crippen LogP contribution in [0, 0.1) is 0 Å². The molecule has 2 aromatic heterocycles. The Bertz CT molecular complexity index is 1310. The van der Waals surface area contributed by atoms with E-state index in [1.54, 1.807) is 60.9 Å². The highest BCUT2D eigenvalue weighted by atomic mass is 32.2. The smallest absolute Gasteiger partial charge is 0.262 e. The predicted molar refractivity (Wildman–Crippen MR) is 120 cm³/mol. The predicted octanol–water partition coefficient (Wildman–Crippen LogP) is 3.97. The maximum absolute atomic E-state index is 13.1. The molecule has 0 radical (unpaired) electrons. The molecule has 0 aliphatic rings. The number of fused-ring (bicyclic) bond motifs is 1. The van der Waals surface area contributed by atoms with Gasteiger partial charge in [-0.1, -0.05) is 36.0 Å². The zero-order valence-corrected chi connectivity index (χ0v) is 17.5. The van der Waals surface area contributed by atoms with Crippen molar-refractivity contribution < 1.29 is 14.0 Å². The van der Waals surface area contributed by atoms with Crippen molar-refractivity contribution in [1.29, 1.82) is 0 Å². The summed E-state index contributed by atoms with van der Waals surface area (Å²) in [7, 11) is 0. The molecule has 0 unspecified atom stereocenters. The minimum Gasteiger partial charge on any atom is -0.467 e. The quantitative estimate of drug-likeness (QED) is 0.269. The van der Waals surface area contributed by atoms with Gasteiger partial charge in [-0.05, 0) is 43.3 Å². The molecule has 1 amide bonds. The Hall–Kier alpha value is -3.65. The molecule has 0 saturated carbocycles. The molecule has 0 fully saturated rings. The third-order valence-corrected chi connectivity index (χ3v) is 5.61. The first-order valence-electron chi connectivity index (χ1n) is 9.57. The first-order valence-corrected chi connectivity index (χ1v) is 10.6. The fraction of sp³-hybridized carbons (Fsp3) is 0.130. The van der Waals surface area contributed by atoms with Crippen molar-refractivity contribution in [3.8, 4) is 0 Å². The number of rotatable bonds is 7. The third kappa shape index (κ3) is 4.59. The molecule has 2 aromatic carbocycles. The molecule has 156 valence electrons. The second-order valence-electron chi connectivity index (χ2n) is 6.82. The van der Waals surface area contributed by atoms with Gasteiger partial charge in [-0.2, -0.15) is 0 Å². The van der Waals surface area contributed by atoms with Crippen LogP contribution in [0.25, 0.3) is 10.9 Å². The molecule has 0 aliphatic carbocycles. The molecule has 0 saturated heterocycles. The normalized spacial score (nSPS) is 10.9.